The van der Waals surface area contributed by atoms with Gasteiger partial charge < -0.3 is 10.0 Å². The molecule has 2 rings (SSSR count). The second kappa shape index (κ2) is 4.57. The van der Waals surface area contributed by atoms with Gasteiger partial charge >= 0.3 is 5.97 Å². The number of likely N-dealkylation sites (N-methyl/N-ethyl adjacent to an activating group) is 1. The summed E-state index contributed by atoms with van der Waals surface area (Å²) in [6, 6.07) is 6.40. The van der Waals surface area contributed by atoms with Crippen LogP contribution in [0.5, 0.6) is 0 Å². The van der Waals surface area contributed by atoms with Gasteiger partial charge in [0, 0.05) is 23.2 Å². The fourth-order valence-corrected chi connectivity index (χ4v) is 3.05. The summed E-state index contributed by atoms with van der Waals surface area (Å²) in [5.74, 6) is -0.731. The van der Waals surface area contributed by atoms with Gasteiger partial charge in [-0.25, -0.2) is 0 Å². The third-order valence-electron chi connectivity index (χ3n) is 3.79. The molecule has 0 fully saturated rings. The number of aliphatic carboxylic acids is 1. The van der Waals surface area contributed by atoms with E-state index in [0.29, 0.717) is 6.42 Å². The van der Waals surface area contributed by atoms with E-state index in [9.17, 15) is 9.90 Å². The molecule has 18 heavy (non-hydrogen) atoms. The molecule has 1 aromatic carbocycles. The zero-order chi connectivity index (χ0) is 13.5. The second-order valence-electron chi connectivity index (χ2n) is 5.60. The molecule has 0 radical (unpaired) electrons. The maximum atomic E-state index is 11.2. The van der Waals surface area contributed by atoms with Gasteiger partial charge in [-0.2, -0.15) is 0 Å². The molecule has 3 nitrogen and oxygen atoms in total. The minimum Gasteiger partial charge on any atom is -0.481 e. The van der Waals surface area contributed by atoms with Gasteiger partial charge in [-0.1, -0.05) is 22.0 Å². The van der Waals surface area contributed by atoms with Crippen LogP contribution in [0.1, 0.15) is 25.8 Å². The van der Waals surface area contributed by atoms with Crippen molar-refractivity contribution in [3.63, 3.8) is 0 Å². The van der Waals surface area contributed by atoms with Crippen LogP contribution in [0, 0.1) is 5.41 Å². The van der Waals surface area contributed by atoms with Crippen molar-refractivity contribution in [2.24, 2.45) is 5.41 Å². The van der Waals surface area contributed by atoms with Gasteiger partial charge in [0.05, 0.1) is 5.41 Å². The van der Waals surface area contributed by atoms with Crippen LogP contribution >= 0.6 is 15.9 Å². The number of fused-ring (bicyclic) bond motifs is 1. The van der Waals surface area contributed by atoms with E-state index in [1.807, 2.05) is 19.2 Å². The van der Waals surface area contributed by atoms with E-state index in [4.69, 9.17) is 0 Å². The van der Waals surface area contributed by atoms with E-state index >= 15 is 0 Å². The van der Waals surface area contributed by atoms with Crippen molar-refractivity contribution < 1.29 is 9.90 Å². The standard InChI is InChI=1S/C14H18BrNO2/c1-14(2,13(17)18)8-9-7-10-11(15)5-4-6-12(10)16(9)3/h4-6,9H,7-8H2,1-3H3,(H,17,18). The van der Waals surface area contributed by atoms with Crippen LogP contribution in [0.4, 0.5) is 5.69 Å². The van der Waals surface area contributed by atoms with Crippen molar-refractivity contribution >= 4 is 27.6 Å². The molecule has 0 spiro atoms. The summed E-state index contributed by atoms with van der Waals surface area (Å²) in [6.45, 7) is 3.59. The van der Waals surface area contributed by atoms with E-state index in [1.165, 1.54) is 11.3 Å². The first kappa shape index (κ1) is 13.4. The van der Waals surface area contributed by atoms with Crippen molar-refractivity contribution in [2.45, 2.75) is 32.7 Å². The monoisotopic (exact) mass is 311 g/mol. The predicted octanol–water partition coefficient (Wildman–Crippen LogP) is 3.31. The van der Waals surface area contributed by atoms with Crippen LogP contribution in [-0.2, 0) is 11.2 Å². The number of carbonyl (C=O) groups is 1. The van der Waals surface area contributed by atoms with Crippen molar-refractivity contribution in [2.75, 3.05) is 11.9 Å². The molecule has 1 aromatic rings. The maximum Gasteiger partial charge on any atom is 0.309 e. The number of nitrogens with zero attached hydrogens (tertiary/aromatic N) is 1. The van der Waals surface area contributed by atoms with Crippen LogP contribution in [0.2, 0.25) is 0 Å². The largest absolute Gasteiger partial charge is 0.481 e. The Morgan fingerprint density at radius 2 is 2.22 bits per heavy atom. The Labute approximate surface area is 116 Å². The molecule has 1 N–H and O–H groups in total. The van der Waals surface area contributed by atoms with Gasteiger partial charge in [-0.3, -0.25) is 4.79 Å². The molecule has 0 aliphatic carbocycles. The average molecular weight is 312 g/mol. The fourth-order valence-electron chi connectivity index (χ4n) is 2.53. The van der Waals surface area contributed by atoms with Gasteiger partial charge in [-0.15, -0.1) is 0 Å². The number of carboxylic acid groups (broad SMARTS) is 1. The van der Waals surface area contributed by atoms with Crippen LogP contribution in [0.15, 0.2) is 22.7 Å². The van der Waals surface area contributed by atoms with E-state index in [0.717, 1.165) is 10.9 Å². The summed E-state index contributed by atoms with van der Waals surface area (Å²) in [4.78, 5) is 13.4. The Bertz CT molecular complexity index is 485. The molecule has 1 aliphatic heterocycles. The normalized spacial score (nSPS) is 18.9. The number of anilines is 1. The highest BCUT2D eigenvalue weighted by Gasteiger charge is 2.36. The predicted molar refractivity (Wildman–Crippen MR) is 76.1 cm³/mol. The first-order valence-corrected chi connectivity index (χ1v) is 6.86. The Balaban J connectivity index is 2.22. The molecular formula is C14H18BrNO2. The molecule has 1 atom stereocenters. The first-order valence-electron chi connectivity index (χ1n) is 6.06. The lowest BCUT2D eigenvalue weighted by Crippen LogP contribution is -2.36. The number of halogens is 1. The van der Waals surface area contributed by atoms with Gasteiger partial charge in [0.1, 0.15) is 0 Å². The molecule has 1 unspecified atom stereocenters. The van der Waals surface area contributed by atoms with Crippen molar-refractivity contribution in [3.05, 3.63) is 28.2 Å². The Hall–Kier alpha value is -1.03. The molecule has 0 bridgehead atoms. The van der Waals surface area contributed by atoms with Crippen LogP contribution in [-0.4, -0.2) is 24.2 Å². The molecule has 0 aromatic heterocycles. The summed E-state index contributed by atoms with van der Waals surface area (Å²) >= 11 is 3.57. The SMILES string of the molecule is CN1c2cccc(Br)c2CC1CC(C)(C)C(=O)O. The fraction of sp³-hybridized carbons (Fsp3) is 0.500. The van der Waals surface area contributed by atoms with Gasteiger partial charge in [0.2, 0.25) is 0 Å². The molecular weight excluding hydrogens is 294 g/mol. The molecule has 1 heterocycles. The molecule has 1 aliphatic rings. The van der Waals surface area contributed by atoms with Crippen molar-refractivity contribution in [1.82, 2.24) is 0 Å². The van der Waals surface area contributed by atoms with E-state index in [1.54, 1.807) is 13.8 Å². The Morgan fingerprint density at radius 1 is 1.56 bits per heavy atom. The quantitative estimate of drug-likeness (QED) is 0.931. The first-order chi connectivity index (χ1) is 8.33. The molecule has 0 saturated carbocycles. The highest BCUT2D eigenvalue weighted by Crippen LogP contribution is 2.39. The minimum absolute atomic E-state index is 0.254. The summed E-state index contributed by atoms with van der Waals surface area (Å²) in [5.41, 5.74) is 1.80. The van der Waals surface area contributed by atoms with E-state index in [2.05, 4.69) is 26.9 Å². The third-order valence-corrected chi connectivity index (χ3v) is 4.53. The Kier molecular flexibility index (Phi) is 3.41. The second-order valence-corrected chi connectivity index (χ2v) is 6.45. The van der Waals surface area contributed by atoms with E-state index in [-0.39, 0.29) is 6.04 Å². The molecule has 0 amide bonds. The topological polar surface area (TPSA) is 40.5 Å². The highest BCUT2D eigenvalue weighted by atomic mass is 79.9. The number of hydrogen-bond acceptors (Lipinski definition) is 2. The molecule has 4 heteroatoms. The molecule has 0 saturated heterocycles. The third kappa shape index (κ3) is 2.26. The smallest absolute Gasteiger partial charge is 0.309 e. The van der Waals surface area contributed by atoms with Crippen molar-refractivity contribution in [1.29, 1.82) is 0 Å². The summed E-state index contributed by atoms with van der Waals surface area (Å²) in [5, 5.41) is 9.23. The van der Waals surface area contributed by atoms with Gasteiger partial charge in [-0.05, 0) is 44.4 Å². The number of carboxylic acids is 1. The number of benzene rings is 1. The Morgan fingerprint density at radius 3 is 2.78 bits per heavy atom. The van der Waals surface area contributed by atoms with Gasteiger partial charge in [0.15, 0.2) is 0 Å². The van der Waals surface area contributed by atoms with Crippen molar-refractivity contribution in [3.8, 4) is 0 Å². The zero-order valence-electron chi connectivity index (χ0n) is 10.9. The minimum atomic E-state index is -0.731. The zero-order valence-corrected chi connectivity index (χ0v) is 12.5. The van der Waals surface area contributed by atoms with Crippen LogP contribution in [0.25, 0.3) is 0 Å². The summed E-state index contributed by atoms with van der Waals surface area (Å²) < 4.78 is 1.11. The lowest BCUT2D eigenvalue weighted by molar-refractivity contribution is -0.147. The molecule has 98 valence electrons. The number of rotatable bonds is 3. The summed E-state index contributed by atoms with van der Waals surface area (Å²) in [7, 11) is 2.04. The number of hydrogen-bond donors (Lipinski definition) is 1. The van der Waals surface area contributed by atoms with E-state index < -0.39 is 11.4 Å². The lowest BCUT2D eigenvalue weighted by atomic mass is 9.85. The maximum absolute atomic E-state index is 11.2. The van der Waals surface area contributed by atoms with Crippen LogP contribution in [0.3, 0.4) is 0 Å². The average Bonchev–Trinajstić information content (AvgIpc) is 2.58. The van der Waals surface area contributed by atoms with Gasteiger partial charge in [0.25, 0.3) is 0 Å². The lowest BCUT2D eigenvalue weighted by Gasteiger charge is -2.29. The van der Waals surface area contributed by atoms with Crippen LogP contribution < -0.4 is 4.90 Å². The highest BCUT2D eigenvalue weighted by molar-refractivity contribution is 9.10. The summed E-state index contributed by atoms with van der Waals surface area (Å²) in [6.07, 6.45) is 1.56.